The van der Waals surface area contributed by atoms with Crippen LogP contribution in [0.4, 0.5) is 4.79 Å². The van der Waals surface area contributed by atoms with Crippen LogP contribution in [0, 0.1) is 0 Å². The highest BCUT2D eigenvalue weighted by Crippen LogP contribution is 2.24. The minimum Gasteiger partial charge on any atom is -1.00 e. The van der Waals surface area contributed by atoms with Gasteiger partial charge in [-0.05, 0) is 29.7 Å². The van der Waals surface area contributed by atoms with Gasteiger partial charge in [-0.15, -0.1) is 0 Å². The van der Waals surface area contributed by atoms with E-state index in [1.807, 2.05) is 12.1 Å². The molecule has 18 heavy (non-hydrogen) atoms. The largest absolute Gasteiger partial charge is 1.00 e. The van der Waals surface area contributed by atoms with E-state index in [0.29, 0.717) is 11.8 Å². The molecule has 0 aromatic heterocycles. The third kappa shape index (κ3) is 3.37. The highest BCUT2D eigenvalue weighted by atomic mass is 35.5. The Kier molecular flexibility index (Phi) is 4.99. The number of amides is 1. The van der Waals surface area contributed by atoms with E-state index in [1.54, 1.807) is 14.1 Å². The normalized spacial score (nSPS) is 17.4. The monoisotopic (exact) mass is 270 g/mol. The van der Waals surface area contributed by atoms with E-state index in [4.69, 9.17) is 4.74 Å². The van der Waals surface area contributed by atoms with Crippen LogP contribution in [0.5, 0.6) is 5.75 Å². The van der Waals surface area contributed by atoms with Crippen LogP contribution in [0.1, 0.15) is 17.5 Å². The van der Waals surface area contributed by atoms with Crippen molar-refractivity contribution >= 4 is 6.09 Å². The minimum atomic E-state index is -0.341. The molecule has 0 saturated heterocycles. The van der Waals surface area contributed by atoms with Crippen LogP contribution in [0.3, 0.4) is 0 Å². The number of fused-ring (bicyclic) bond motifs is 1. The molecule has 0 aliphatic heterocycles. The fraction of sp³-hybridized carbons (Fsp3) is 0.462. The van der Waals surface area contributed by atoms with Crippen molar-refractivity contribution in [2.75, 3.05) is 14.1 Å². The van der Waals surface area contributed by atoms with Gasteiger partial charge in [0.05, 0.1) is 6.04 Å². The molecule has 0 heterocycles. The Balaban J connectivity index is 0.00000162. The molecule has 1 aromatic rings. The Hall–Kier alpha value is -1.26. The number of hydrogen-bond donors (Lipinski definition) is 1. The van der Waals surface area contributed by atoms with Crippen LogP contribution >= 0.6 is 0 Å². The number of rotatable bonds is 1. The van der Waals surface area contributed by atoms with Gasteiger partial charge in [0.1, 0.15) is 5.75 Å². The van der Waals surface area contributed by atoms with Gasteiger partial charge in [0, 0.05) is 26.9 Å². The molecule has 100 valence electrons. The SMILES string of the molecule is CN(C)C(=O)Oc1ccc2c(c1)CC([NH3+])CC2.[Cl-]. The van der Waals surface area contributed by atoms with E-state index in [-0.39, 0.29) is 18.5 Å². The number of ether oxygens (including phenoxy) is 1. The average Bonchev–Trinajstić information content (AvgIpc) is 2.28. The first kappa shape index (κ1) is 14.8. The van der Waals surface area contributed by atoms with Crippen molar-refractivity contribution in [1.29, 1.82) is 0 Å². The summed E-state index contributed by atoms with van der Waals surface area (Å²) in [5, 5.41) is 0. The second-order valence-electron chi connectivity index (χ2n) is 4.80. The first-order valence-electron chi connectivity index (χ1n) is 5.90. The lowest BCUT2D eigenvalue weighted by Gasteiger charge is -2.20. The number of quaternary nitrogens is 1. The molecule has 0 radical (unpaired) electrons. The van der Waals surface area contributed by atoms with Crippen LogP contribution in [-0.2, 0) is 12.8 Å². The minimum absolute atomic E-state index is 0. The van der Waals surface area contributed by atoms with Crippen LogP contribution in [-0.4, -0.2) is 31.1 Å². The van der Waals surface area contributed by atoms with E-state index in [1.165, 1.54) is 16.0 Å². The zero-order valence-electron chi connectivity index (χ0n) is 10.8. The Morgan fingerprint density at radius 2 is 2.11 bits per heavy atom. The van der Waals surface area contributed by atoms with Crippen molar-refractivity contribution < 1.29 is 27.7 Å². The topological polar surface area (TPSA) is 57.2 Å². The molecule has 0 saturated carbocycles. The smallest absolute Gasteiger partial charge is 0.414 e. The predicted molar refractivity (Wildman–Crippen MR) is 64.9 cm³/mol. The van der Waals surface area contributed by atoms with E-state index in [2.05, 4.69) is 11.8 Å². The number of hydrogen-bond acceptors (Lipinski definition) is 2. The van der Waals surface area contributed by atoms with Crippen LogP contribution in [0.15, 0.2) is 18.2 Å². The Bertz CT molecular complexity index is 435. The maximum Gasteiger partial charge on any atom is 0.414 e. The molecule has 3 N–H and O–H groups in total. The maximum absolute atomic E-state index is 11.4. The summed E-state index contributed by atoms with van der Waals surface area (Å²) in [5.74, 6) is 0.622. The van der Waals surface area contributed by atoms with Gasteiger partial charge >= 0.3 is 6.09 Å². The molecule has 1 atom stereocenters. The van der Waals surface area contributed by atoms with Crippen molar-refractivity contribution in [3.63, 3.8) is 0 Å². The quantitative estimate of drug-likeness (QED) is 0.633. The molecular weight excluding hydrogens is 252 g/mol. The molecule has 0 fully saturated rings. The number of benzene rings is 1. The number of carbonyl (C=O) groups is 1. The van der Waals surface area contributed by atoms with Gasteiger partial charge in [0.2, 0.25) is 0 Å². The van der Waals surface area contributed by atoms with E-state index < -0.39 is 0 Å². The fourth-order valence-electron chi connectivity index (χ4n) is 2.06. The first-order chi connectivity index (χ1) is 8.06. The molecule has 2 rings (SSSR count). The van der Waals surface area contributed by atoms with Gasteiger partial charge in [-0.25, -0.2) is 4.79 Å². The fourth-order valence-corrected chi connectivity index (χ4v) is 2.06. The van der Waals surface area contributed by atoms with Crippen LogP contribution < -0.4 is 22.9 Å². The number of nitrogens with zero attached hydrogens (tertiary/aromatic N) is 1. The molecule has 1 amide bonds. The molecule has 0 spiro atoms. The summed E-state index contributed by atoms with van der Waals surface area (Å²) in [6, 6.07) is 6.36. The summed E-state index contributed by atoms with van der Waals surface area (Å²) in [4.78, 5) is 12.9. The molecule has 1 aromatic carbocycles. The Morgan fingerprint density at radius 3 is 2.78 bits per heavy atom. The summed E-state index contributed by atoms with van der Waals surface area (Å²) in [6.45, 7) is 0. The van der Waals surface area contributed by atoms with Gasteiger partial charge in [-0.3, -0.25) is 0 Å². The van der Waals surface area contributed by atoms with Gasteiger partial charge in [-0.2, -0.15) is 0 Å². The van der Waals surface area contributed by atoms with Gasteiger partial charge in [0.25, 0.3) is 0 Å². The average molecular weight is 271 g/mol. The molecule has 1 aliphatic carbocycles. The third-order valence-electron chi connectivity index (χ3n) is 3.08. The molecular formula is C13H19ClN2O2. The number of aryl methyl sites for hydroxylation is 1. The van der Waals surface area contributed by atoms with Gasteiger partial charge in [0.15, 0.2) is 0 Å². The van der Waals surface area contributed by atoms with E-state index in [0.717, 1.165) is 19.3 Å². The summed E-state index contributed by atoms with van der Waals surface area (Å²) in [6.07, 6.45) is 2.85. The molecule has 5 heteroatoms. The Morgan fingerprint density at radius 1 is 1.39 bits per heavy atom. The lowest BCUT2D eigenvalue weighted by atomic mass is 9.89. The first-order valence-corrected chi connectivity index (χ1v) is 5.90. The van der Waals surface area contributed by atoms with Gasteiger partial charge < -0.3 is 27.8 Å². The second kappa shape index (κ2) is 6.07. The summed E-state index contributed by atoms with van der Waals surface area (Å²) < 4.78 is 5.24. The molecule has 0 bridgehead atoms. The molecule has 1 aliphatic rings. The van der Waals surface area contributed by atoms with Crippen LogP contribution in [0.2, 0.25) is 0 Å². The van der Waals surface area contributed by atoms with E-state index >= 15 is 0 Å². The van der Waals surface area contributed by atoms with Crippen molar-refractivity contribution in [3.8, 4) is 5.75 Å². The lowest BCUT2D eigenvalue weighted by Crippen LogP contribution is -3.00. The highest BCUT2D eigenvalue weighted by molar-refractivity contribution is 5.70. The maximum atomic E-state index is 11.4. The standard InChI is InChI=1S/C13H18N2O2.ClH/c1-15(2)13(16)17-12-6-4-9-3-5-11(14)7-10(9)8-12;/h4,6,8,11H,3,5,7,14H2,1-2H3;1H. The zero-order valence-corrected chi connectivity index (χ0v) is 11.5. The van der Waals surface area contributed by atoms with E-state index in [9.17, 15) is 4.79 Å². The second-order valence-corrected chi connectivity index (χ2v) is 4.80. The van der Waals surface area contributed by atoms with Gasteiger partial charge in [-0.1, -0.05) is 6.07 Å². The predicted octanol–water partition coefficient (Wildman–Crippen LogP) is -2.15. The molecule has 4 nitrogen and oxygen atoms in total. The number of carbonyl (C=O) groups excluding carboxylic acids is 1. The van der Waals surface area contributed by atoms with Crippen molar-refractivity contribution in [3.05, 3.63) is 29.3 Å². The highest BCUT2D eigenvalue weighted by Gasteiger charge is 2.18. The van der Waals surface area contributed by atoms with Crippen LogP contribution in [0.25, 0.3) is 0 Å². The Labute approximate surface area is 114 Å². The van der Waals surface area contributed by atoms with Crippen molar-refractivity contribution in [2.24, 2.45) is 0 Å². The number of halogens is 1. The summed E-state index contributed by atoms with van der Waals surface area (Å²) >= 11 is 0. The zero-order chi connectivity index (χ0) is 12.4. The van der Waals surface area contributed by atoms with Crippen molar-refractivity contribution in [1.82, 2.24) is 4.90 Å². The summed E-state index contributed by atoms with van der Waals surface area (Å²) in [5.41, 5.74) is 6.72. The third-order valence-corrected chi connectivity index (χ3v) is 3.08. The lowest BCUT2D eigenvalue weighted by molar-refractivity contribution is -0.421. The van der Waals surface area contributed by atoms with Crippen molar-refractivity contribution in [2.45, 2.75) is 25.3 Å². The molecule has 1 unspecified atom stereocenters. The summed E-state index contributed by atoms with van der Waals surface area (Å²) in [7, 11) is 3.35.